The zero-order valence-corrected chi connectivity index (χ0v) is 16.9. The molecule has 2 amide bonds. The molecule has 2 aromatic carbocycles. The van der Waals surface area contributed by atoms with Crippen LogP contribution >= 0.6 is 28.1 Å². The average Bonchev–Trinajstić information content (AvgIpc) is 2.66. The summed E-state index contributed by atoms with van der Waals surface area (Å²) in [6, 6.07) is 14.3. The van der Waals surface area contributed by atoms with Gasteiger partial charge >= 0.3 is 0 Å². The number of aryl methyl sites for hydroxylation is 1. The van der Waals surface area contributed by atoms with Gasteiger partial charge in [0, 0.05) is 4.47 Å². The summed E-state index contributed by atoms with van der Waals surface area (Å²) < 4.78 is 11.6. The Hall–Kier alpha value is -2.65. The average molecular weight is 452 g/mol. The molecule has 0 aliphatic carbocycles. The van der Waals surface area contributed by atoms with E-state index in [0.717, 1.165) is 10.0 Å². The van der Waals surface area contributed by atoms with E-state index < -0.39 is 11.8 Å². The predicted molar refractivity (Wildman–Crippen MR) is 108 cm³/mol. The van der Waals surface area contributed by atoms with Crippen LogP contribution in [0.4, 0.5) is 0 Å². The van der Waals surface area contributed by atoms with Gasteiger partial charge in [0.15, 0.2) is 18.3 Å². The monoisotopic (exact) mass is 451 g/mol. The zero-order valence-electron chi connectivity index (χ0n) is 14.5. The third kappa shape index (κ3) is 7.63. The van der Waals surface area contributed by atoms with Crippen LogP contribution in [0.25, 0.3) is 0 Å². The number of ether oxygens (including phenoxy) is 2. The summed E-state index contributed by atoms with van der Waals surface area (Å²) in [6.45, 7) is 1.51. The lowest BCUT2D eigenvalue weighted by Crippen LogP contribution is -2.50. The van der Waals surface area contributed by atoms with E-state index in [1.165, 1.54) is 0 Å². The molecule has 0 unspecified atom stereocenters. The normalized spacial score (nSPS) is 9.85. The number of thiocarbonyl (C=S) groups is 1. The van der Waals surface area contributed by atoms with Crippen LogP contribution in [0.3, 0.4) is 0 Å². The van der Waals surface area contributed by atoms with Crippen LogP contribution in [-0.2, 0) is 9.59 Å². The van der Waals surface area contributed by atoms with Gasteiger partial charge in [-0.1, -0.05) is 34.1 Å². The van der Waals surface area contributed by atoms with Gasteiger partial charge in [-0.3, -0.25) is 25.8 Å². The molecular formula is C18H18BrN3O4S. The molecule has 3 N–H and O–H groups in total. The number of benzene rings is 2. The molecule has 0 aliphatic rings. The maximum absolute atomic E-state index is 11.8. The van der Waals surface area contributed by atoms with Crippen molar-refractivity contribution in [1.29, 1.82) is 0 Å². The van der Waals surface area contributed by atoms with Crippen molar-refractivity contribution < 1.29 is 19.1 Å². The number of hydrogen-bond donors (Lipinski definition) is 3. The number of hydrogen-bond acceptors (Lipinski definition) is 5. The molecule has 7 nitrogen and oxygen atoms in total. The molecule has 2 rings (SSSR count). The van der Waals surface area contributed by atoms with Crippen molar-refractivity contribution in [2.45, 2.75) is 6.92 Å². The van der Waals surface area contributed by atoms with Crippen molar-refractivity contribution in [3.8, 4) is 11.5 Å². The van der Waals surface area contributed by atoms with Crippen molar-refractivity contribution in [1.82, 2.24) is 16.2 Å². The second kappa shape index (κ2) is 10.5. The topological polar surface area (TPSA) is 88.7 Å². The number of carbonyl (C=O) groups excluding carboxylic acids is 2. The molecule has 9 heteroatoms. The molecule has 0 heterocycles. The highest BCUT2D eigenvalue weighted by atomic mass is 79.9. The van der Waals surface area contributed by atoms with E-state index in [1.807, 2.05) is 25.1 Å². The van der Waals surface area contributed by atoms with Gasteiger partial charge in [0.25, 0.3) is 11.8 Å². The molecule has 0 spiro atoms. The maximum atomic E-state index is 11.8. The first kappa shape index (κ1) is 20.7. The van der Waals surface area contributed by atoms with Crippen molar-refractivity contribution >= 4 is 45.1 Å². The molecule has 142 valence electrons. The fourth-order valence-corrected chi connectivity index (χ4v) is 2.29. The highest BCUT2D eigenvalue weighted by molar-refractivity contribution is 9.10. The van der Waals surface area contributed by atoms with Crippen molar-refractivity contribution in [2.75, 3.05) is 13.2 Å². The van der Waals surface area contributed by atoms with Gasteiger partial charge in [-0.25, -0.2) is 0 Å². The molecule has 0 aliphatic heterocycles. The highest BCUT2D eigenvalue weighted by Crippen LogP contribution is 2.21. The number of hydrazine groups is 1. The number of halogens is 1. The molecule has 0 saturated heterocycles. The minimum Gasteiger partial charge on any atom is -0.484 e. The third-order valence-electron chi connectivity index (χ3n) is 3.18. The second-order valence-corrected chi connectivity index (χ2v) is 6.61. The van der Waals surface area contributed by atoms with E-state index in [-0.39, 0.29) is 18.3 Å². The van der Waals surface area contributed by atoms with Crippen LogP contribution < -0.4 is 25.6 Å². The summed E-state index contributed by atoms with van der Waals surface area (Å²) in [5.74, 6) is 0.236. The number of carbonyl (C=O) groups is 2. The van der Waals surface area contributed by atoms with Gasteiger partial charge < -0.3 is 9.47 Å². The van der Waals surface area contributed by atoms with Crippen LogP contribution in [0.15, 0.2) is 53.0 Å². The standard InChI is InChI=1S/C18H18BrN3O4S/c1-12-9-14(7-8-15(12)19)26-11-17(24)21-22-18(27)20-16(23)10-25-13-5-3-2-4-6-13/h2-9H,10-11H2,1H3,(H,21,24)(H2,20,22,23,27). The van der Waals surface area contributed by atoms with Crippen LogP contribution in [0.1, 0.15) is 5.56 Å². The number of rotatable bonds is 6. The lowest BCUT2D eigenvalue weighted by Gasteiger charge is -2.12. The molecule has 27 heavy (non-hydrogen) atoms. The summed E-state index contributed by atoms with van der Waals surface area (Å²) in [5.41, 5.74) is 5.76. The van der Waals surface area contributed by atoms with Gasteiger partial charge in [0.2, 0.25) is 0 Å². The Balaban J connectivity index is 1.64. The number of nitrogens with one attached hydrogen (secondary N) is 3. The molecule has 0 bridgehead atoms. The van der Waals surface area contributed by atoms with Crippen LogP contribution in [0.2, 0.25) is 0 Å². The van der Waals surface area contributed by atoms with E-state index in [4.69, 9.17) is 21.7 Å². The Kier molecular flexibility index (Phi) is 8.02. The summed E-state index contributed by atoms with van der Waals surface area (Å²) >= 11 is 8.32. The smallest absolute Gasteiger partial charge is 0.276 e. The maximum Gasteiger partial charge on any atom is 0.276 e. The van der Waals surface area contributed by atoms with E-state index in [9.17, 15) is 9.59 Å². The highest BCUT2D eigenvalue weighted by Gasteiger charge is 2.08. The summed E-state index contributed by atoms with van der Waals surface area (Å²) in [4.78, 5) is 23.5. The van der Waals surface area contributed by atoms with E-state index in [2.05, 4.69) is 32.1 Å². The van der Waals surface area contributed by atoms with Gasteiger partial charge in [0.1, 0.15) is 11.5 Å². The first-order valence-corrected chi connectivity index (χ1v) is 9.09. The summed E-state index contributed by atoms with van der Waals surface area (Å²) in [7, 11) is 0. The molecule has 0 atom stereocenters. The lowest BCUT2D eigenvalue weighted by atomic mass is 10.2. The largest absolute Gasteiger partial charge is 0.484 e. The first-order chi connectivity index (χ1) is 12.9. The van der Waals surface area contributed by atoms with Gasteiger partial charge in [0.05, 0.1) is 0 Å². The van der Waals surface area contributed by atoms with Crippen molar-refractivity contribution in [3.63, 3.8) is 0 Å². The Morgan fingerprint density at radius 3 is 2.33 bits per heavy atom. The Morgan fingerprint density at radius 2 is 1.63 bits per heavy atom. The van der Waals surface area contributed by atoms with Crippen LogP contribution in [0, 0.1) is 6.92 Å². The SMILES string of the molecule is Cc1cc(OCC(=O)NNC(=S)NC(=O)COc2ccccc2)ccc1Br. The minimum absolute atomic E-state index is 0.0514. The molecule has 0 saturated carbocycles. The minimum atomic E-state index is -0.452. The molecule has 0 radical (unpaired) electrons. The summed E-state index contributed by atoms with van der Waals surface area (Å²) in [5, 5.41) is 2.34. The van der Waals surface area contributed by atoms with Crippen LogP contribution in [-0.4, -0.2) is 30.1 Å². The fourth-order valence-electron chi connectivity index (χ4n) is 1.88. The molecule has 0 aromatic heterocycles. The third-order valence-corrected chi connectivity index (χ3v) is 4.27. The van der Waals surface area contributed by atoms with Crippen molar-refractivity contribution in [3.05, 3.63) is 58.6 Å². The fraction of sp³-hybridized carbons (Fsp3) is 0.167. The molecular weight excluding hydrogens is 434 g/mol. The summed E-state index contributed by atoms with van der Waals surface area (Å²) in [6.07, 6.45) is 0. The predicted octanol–water partition coefficient (Wildman–Crippen LogP) is 2.24. The molecule has 2 aromatic rings. The zero-order chi connectivity index (χ0) is 19.6. The number of amides is 2. The first-order valence-electron chi connectivity index (χ1n) is 7.89. The van der Waals surface area contributed by atoms with E-state index in [1.54, 1.807) is 30.3 Å². The van der Waals surface area contributed by atoms with Gasteiger partial charge in [-0.2, -0.15) is 0 Å². The Bertz CT molecular complexity index is 818. The Morgan fingerprint density at radius 1 is 0.963 bits per heavy atom. The lowest BCUT2D eigenvalue weighted by molar-refractivity contribution is -0.124. The van der Waals surface area contributed by atoms with E-state index in [0.29, 0.717) is 11.5 Å². The Labute approximate surface area is 170 Å². The number of para-hydroxylation sites is 1. The van der Waals surface area contributed by atoms with Gasteiger partial charge in [-0.15, -0.1) is 0 Å². The van der Waals surface area contributed by atoms with Gasteiger partial charge in [-0.05, 0) is 55.0 Å². The van der Waals surface area contributed by atoms with Crippen molar-refractivity contribution in [2.24, 2.45) is 0 Å². The quantitative estimate of drug-likeness (QED) is 0.460. The van der Waals surface area contributed by atoms with Crippen LogP contribution in [0.5, 0.6) is 11.5 Å². The second-order valence-electron chi connectivity index (χ2n) is 5.35. The van der Waals surface area contributed by atoms with E-state index >= 15 is 0 Å². The molecule has 0 fully saturated rings.